The number of rotatable bonds is 9. The Labute approximate surface area is 182 Å². The smallest absolute Gasteiger partial charge is 0.337 e. The molecule has 0 aliphatic carbocycles. The van der Waals surface area contributed by atoms with Crippen molar-refractivity contribution in [2.24, 2.45) is 0 Å². The Hall–Kier alpha value is -1.42. The first kappa shape index (κ1) is 26.6. The number of Topliss-reactive ketones (excluding diaryl/α,β-unsaturated/α-hetero) is 1. The van der Waals surface area contributed by atoms with Gasteiger partial charge in [-0.1, -0.05) is 54.9 Å². The monoisotopic (exact) mass is 438 g/mol. The van der Waals surface area contributed by atoms with Crippen molar-refractivity contribution in [3.05, 3.63) is 34.4 Å². The minimum Gasteiger partial charge on any atom is -0.507 e. The number of carbonyl (C=O) groups excluding carboxylic acids is 1. The van der Waals surface area contributed by atoms with Crippen molar-refractivity contribution in [1.29, 1.82) is 0 Å². The van der Waals surface area contributed by atoms with Crippen LogP contribution in [0.15, 0.2) is 17.7 Å². The van der Waals surface area contributed by atoms with Crippen molar-refractivity contribution in [2.75, 3.05) is 20.4 Å². The molecule has 0 aliphatic rings. The molecule has 0 atom stereocenters. The highest BCUT2D eigenvalue weighted by Gasteiger charge is 2.29. The highest BCUT2D eigenvalue weighted by atomic mass is 31.2. The minimum atomic E-state index is -3.44. The highest BCUT2D eigenvalue weighted by Crippen LogP contribution is 2.47. The lowest BCUT2D eigenvalue weighted by Crippen LogP contribution is -2.17. The molecule has 0 saturated heterocycles. The van der Waals surface area contributed by atoms with Gasteiger partial charge in [-0.05, 0) is 53.0 Å². The van der Waals surface area contributed by atoms with Crippen LogP contribution in [-0.2, 0) is 29.2 Å². The normalized spacial score (nSPS) is 13.6. The number of hydrogen-bond acceptors (Lipinski definition) is 5. The number of phenolic OH excluding ortho intramolecular Hbond substituents is 1. The van der Waals surface area contributed by atoms with Gasteiger partial charge in [-0.15, -0.1) is 0 Å². The predicted octanol–water partition coefficient (Wildman–Crippen LogP) is 6.62. The summed E-state index contributed by atoms with van der Waals surface area (Å²) in [6.07, 6.45) is 3.94. The van der Waals surface area contributed by atoms with E-state index in [-0.39, 0.29) is 22.8 Å². The SMILES string of the molecule is CCCC/C(=C\c1cc(C(C)(C)C)c(O)c(C(C)(C)C)c1)C(=O)CP(=O)(OC)OC. The van der Waals surface area contributed by atoms with Gasteiger partial charge in [-0.3, -0.25) is 9.36 Å². The van der Waals surface area contributed by atoms with E-state index < -0.39 is 7.60 Å². The highest BCUT2D eigenvalue weighted by molar-refractivity contribution is 7.54. The summed E-state index contributed by atoms with van der Waals surface area (Å²) >= 11 is 0. The zero-order valence-electron chi connectivity index (χ0n) is 20.1. The van der Waals surface area contributed by atoms with Gasteiger partial charge in [0.25, 0.3) is 0 Å². The van der Waals surface area contributed by atoms with Crippen molar-refractivity contribution in [3.8, 4) is 5.75 Å². The van der Waals surface area contributed by atoms with Crippen LogP contribution < -0.4 is 0 Å². The Morgan fingerprint density at radius 3 is 1.87 bits per heavy atom. The number of hydrogen-bond donors (Lipinski definition) is 1. The Balaban J connectivity index is 3.59. The van der Waals surface area contributed by atoms with Crippen molar-refractivity contribution in [3.63, 3.8) is 0 Å². The summed E-state index contributed by atoms with van der Waals surface area (Å²) in [5, 5.41) is 10.9. The quantitative estimate of drug-likeness (QED) is 0.347. The molecule has 0 radical (unpaired) electrons. The first-order valence-electron chi connectivity index (χ1n) is 10.5. The molecule has 0 saturated carbocycles. The van der Waals surface area contributed by atoms with Gasteiger partial charge in [-0.2, -0.15) is 0 Å². The number of ketones is 1. The van der Waals surface area contributed by atoms with E-state index in [0.717, 1.165) is 29.5 Å². The molecular formula is C24H39O5P. The van der Waals surface area contributed by atoms with E-state index in [0.29, 0.717) is 17.7 Å². The van der Waals surface area contributed by atoms with Crippen molar-refractivity contribution < 1.29 is 23.5 Å². The number of unbranched alkanes of at least 4 members (excludes halogenated alkanes) is 1. The van der Waals surface area contributed by atoms with Crippen LogP contribution >= 0.6 is 7.60 Å². The van der Waals surface area contributed by atoms with Crippen LogP contribution in [0.1, 0.15) is 84.4 Å². The van der Waals surface area contributed by atoms with Crippen LogP contribution in [0.5, 0.6) is 5.75 Å². The third-order valence-corrected chi connectivity index (χ3v) is 6.93. The lowest BCUT2D eigenvalue weighted by molar-refractivity contribution is -0.113. The average molecular weight is 439 g/mol. The van der Waals surface area contributed by atoms with Gasteiger partial charge >= 0.3 is 7.60 Å². The number of allylic oxidation sites excluding steroid dienone is 1. The summed E-state index contributed by atoms with van der Waals surface area (Å²) in [6.45, 7) is 14.4. The summed E-state index contributed by atoms with van der Waals surface area (Å²) in [4.78, 5) is 13.0. The summed E-state index contributed by atoms with van der Waals surface area (Å²) in [5.41, 5.74) is 2.60. The Morgan fingerprint density at radius 1 is 1.03 bits per heavy atom. The second kappa shape index (κ2) is 10.3. The first-order chi connectivity index (χ1) is 13.7. The van der Waals surface area contributed by atoms with Gasteiger partial charge in [0.1, 0.15) is 11.9 Å². The minimum absolute atomic E-state index is 0.238. The molecule has 0 unspecified atom stereocenters. The molecule has 30 heavy (non-hydrogen) atoms. The number of aromatic hydroxyl groups is 1. The van der Waals surface area contributed by atoms with Crippen LogP contribution in [0.2, 0.25) is 0 Å². The Morgan fingerprint density at radius 2 is 1.50 bits per heavy atom. The summed E-state index contributed by atoms with van der Waals surface area (Å²) in [7, 11) is -0.859. The average Bonchev–Trinajstić information content (AvgIpc) is 2.63. The van der Waals surface area contributed by atoms with Crippen LogP contribution in [0.25, 0.3) is 6.08 Å². The van der Waals surface area contributed by atoms with Crippen LogP contribution in [0.3, 0.4) is 0 Å². The zero-order chi connectivity index (χ0) is 23.3. The lowest BCUT2D eigenvalue weighted by Gasteiger charge is -2.28. The van der Waals surface area contributed by atoms with E-state index in [9.17, 15) is 14.5 Å². The number of carbonyl (C=O) groups is 1. The molecule has 0 amide bonds. The van der Waals surface area contributed by atoms with Gasteiger partial charge in [0.2, 0.25) is 0 Å². The Bertz CT molecular complexity index is 782. The standard InChI is InChI=1S/C24H39O5P/c1-10-11-12-18(21(25)16-30(27,28-8)29-9)13-17-14-19(23(2,3)4)22(26)20(15-17)24(5,6)7/h13-15,26H,10-12,16H2,1-9H3/b18-13+. The zero-order valence-corrected chi connectivity index (χ0v) is 21.0. The maximum Gasteiger partial charge on any atom is 0.337 e. The van der Waals surface area contributed by atoms with Crippen LogP contribution in [0.4, 0.5) is 0 Å². The van der Waals surface area contributed by atoms with E-state index in [1.54, 1.807) is 0 Å². The summed E-state index contributed by atoms with van der Waals surface area (Å²) < 4.78 is 22.4. The molecule has 0 aromatic heterocycles. The summed E-state index contributed by atoms with van der Waals surface area (Å²) in [5.74, 6) is 0.0648. The van der Waals surface area contributed by atoms with Gasteiger partial charge in [-0.25, -0.2) is 0 Å². The van der Waals surface area contributed by atoms with Crippen LogP contribution in [0, 0.1) is 0 Å². The molecule has 1 aromatic rings. The maximum absolute atomic E-state index is 13.0. The second-order valence-corrected chi connectivity index (χ2v) is 12.1. The van der Waals surface area contributed by atoms with Crippen molar-refractivity contribution >= 4 is 19.5 Å². The van der Waals surface area contributed by atoms with E-state index in [1.165, 1.54) is 14.2 Å². The lowest BCUT2D eigenvalue weighted by atomic mass is 9.78. The predicted molar refractivity (Wildman–Crippen MR) is 125 cm³/mol. The summed E-state index contributed by atoms with van der Waals surface area (Å²) in [6, 6.07) is 3.88. The molecule has 5 nitrogen and oxygen atoms in total. The maximum atomic E-state index is 13.0. The second-order valence-electron chi connectivity index (χ2n) is 9.80. The van der Waals surface area contributed by atoms with E-state index in [2.05, 4.69) is 48.5 Å². The molecule has 1 aromatic carbocycles. The van der Waals surface area contributed by atoms with Gasteiger partial charge in [0, 0.05) is 25.3 Å². The molecule has 6 heteroatoms. The van der Waals surface area contributed by atoms with E-state index in [1.807, 2.05) is 18.2 Å². The molecule has 0 aliphatic heterocycles. The molecular weight excluding hydrogens is 399 g/mol. The largest absolute Gasteiger partial charge is 0.507 e. The topological polar surface area (TPSA) is 72.8 Å². The van der Waals surface area contributed by atoms with Crippen molar-refractivity contribution in [1.82, 2.24) is 0 Å². The molecule has 0 spiro atoms. The number of phenols is 1. The van der Waals surface area contributed by atoms with E-state index in [4.69, 9.17) is 9.05 Å². The van der Waals surface area contributed by atoms with Gasteiger partial charge < -0.3 is 14.2 Å². The fourth-order valence-corrected chi connectivity index (χ4v) is 4.19. The van der Waals surface area contributed by atoms with E-state index >= 15 is 0 Å². The first-order valence-corrected chi connectivity index (χ1v) is 12.2. The van der Waals surface area contributed by atoms with Gasteiger partial charge in [0.15, 0.2) is 5.78 Å². The fourth-order valence-electron chi connectivity index (χ4n) is 3.23. The molecule has 0 fully saturated rings. The molecule has 0 heterocycles. The molecule has 0 bridgehead atoms. The molecule has 1 rings (SSSR count). The Kier molecular flexibility index (Phi) is 9.10. The third kappa shape index (κ3) is 7.08. The third-order valence-electron chi connectivity index (χ3n) is 5.14. The van der Waals surface area contributed by atoms with Gasteiger partial charge in [0.05, 0.1) is 0 Å². The fraction of sp³-hybridized carbons (Fsp3) is 0.625. The molecule has 1 N–H and O–H groups in total. The van der Waals surface area contributed by atoms with Crippen molar-refractivity contribution in [2.45, 2.75) is 78.6 Å². The van der Waals surface area contributed by atoms with Crippen LogP contribution in [-0.4, -0.2) is 31.3 Å². The number of benzene rings is 1. The molecule has 170 valence electrons.